The first kappa shape index (κ1) is 9.80. The van der Waals surface area contributed by atoms with Crippen LogP contribution < -0.4 is 9.47 Å². The van der Waals surface area contributed by atoms with Gasteiger partial charge in [-0.15, -0.1) is 0 Å². The van der Waals surface area contributed by atoms with Crippen molar-refractivity contribution in [1.82, 2.24) is 4.98 Å². The van der Waals surface area contributed by atoms with Crippen molar-refractivity contribution in [2.45, 2.75) is 13.5 Å². The summed E-state index contributed by atoms with van der Waals surface area (Å²) < 4.78 is 10.2. The number of aliphatic hydroxyl groups is 1. The van der Waals surface area contributed by atoms with Gasteiger partial charge >= 0.3 is 0 Å². The standard InChI is InChI=1S/C9H13NO3/c1-6-7(5-11)10-4-8(12-2)9(6)13-3/h4,11H,5H2,1-3H3. The Bertz CT molecular complexity index is 299. The summed E-state index contributed by atoms with van der Waals surface area (Å²) in [7, 11) is 3.11. The van der Waals surface area contributed by atoms with E-state index in [-0.39, 0.29) is 6.61 Å². The quantitative estimate of drug-likeness (QED) is 0.756. The average Bonchev–Trinajstić information content (AvgIpc) is 2.17. The largest absolute Gasteiger partial charge is 0.492 e. The van der Waals surface area contributed by atoms with Gasteiger partial charge in [0.15, 0.2) is 11.5 Å². The molecule has 0 unspecified atom stereocenters. The number of aliphatic hydroxyl groups excluding tert-OH is 1. The van der Waals surface area contributed by atoms with E-state index in [1.165, 1.54) is 6.20 Å². The second kappa shape index (κ2) is 4.09. The summed E-state index contributed by atoms with van der Waals surface area (Å²) in [6.07, 6.45) is 1.54. The molecule has 0 amide bonds. The molecule has 1 N–H and O–H groups in total. The molecule has 4 nitrogen and oxygen atoms in total. The first-order valence-electron chi connectivity index (χ1n) is 3.92. The Morgan fingerprint density at radius 1 is 1.38 bits per heavy atom. The maximum Gasteiger partial charge on any atom is 0.179 e. The van der Waals surface area contributed by atoms with Crippen LogP contribution >= 0.6 is 0 Å². The van der Waals surface area contributed by atoms with Gasteiger partial charge in [-0.05, 0) is 6.92 Å². The number of rotatable bonds is 3. The molecule has 0 aliphatic carbocycles. The van der Waals surface area contributed by atoms with Crippen LogP contribution in [0.4, 0.5) is 0 Å². The predicted molar refractivity (Wildman–Crippen MR) is 48.0 cm³/mol. The van der Waals surface area contributed by atoms with Crippen molar-refractivity contribution < 1.29 is 14.6 Å². The monoisotopic (exact) mass is 183 g/mol. The van der Waals surface area contributed by atoms with Crippen LogP contribution in [0.2, 0.25) is 0 Å². The number of aromatic nitrogens is 1. The highest BCUT2D eigenvalue weighted by molar-refractivity contribution is 5.46. The molecule has 0 aliphatic rings. The normalized spacial score (nSPS) is 9.85. The first-order valence-corrected chi connectivity index (χ1v) is 3.92. The lowest BCUT2D eigenvalue weighted by Gasteiger charge is -2.11. The molecule has 1 heterocycles. The van der Waals surface area contributed by atoms with Crippen molar-refractivity contribution in [3.63, 3.8) is 0 Å². The Morgan fingerprint density at radius 2 is 2.08 bits per heavy atom. The second-order valence-electron chi connectivity index (χ2n) is 2.59. The average molecular weight is 183 g/mol. The summed E-state index contributed by atoms with van der Waals surface area (Å²) in [6.45, 7) is 1.74. The molecule has 0 bridgehead atoms. The van der Waals surface area contributed by atoms with Crippen molar-refractivity contribution in [2.75, 3.05) is 14.2 Å². The summed E-state index contributed by atoms with van der Waals surface area (Å²) >= 11 is 0. The van der Waals surface area contributed by atoms with Crippen LogP contribution in [0.15, 0.2) is 6.20 Å². The minimum atomic E-state index is -0.0911. The molecular formula is C9H13NO3. The maximum absolute atomic E-state index is 8.94. The number of methoxy groups -OCH3 is 2. The molecule has 0 aliphatic heterocycles. The lowest BCUT2D eigenvalue weighted by atomic mass is 10.2. The second-order valence-corrected chi connectivity index (χ2v) is 2.59. The summed E-state index contributed by atoms with van der Waals surface area (Å²) in [6, 6.07) is 0. The van der Waals surface area contributed by atoms with Gasteiger partial charge in [0.2, 0.25) is 0 Å². The molecule has 0 spiro atoms. The molecule has 0 fully saturated rings. The van der Waals surface area contributed by atoms with E-state index in [0.717, 1.165) is 5.56 Å². The fourth-order valence-corrected chi connectivity index (χ4v) is 1.17. The van der Waals surface area contributed by atoms with Gasteiger partial charge in [0.1, 0.15) is 0 Å². The van der Waals surface area contributed by atoms with Gasteiger partial charge in [-0.3, -0.25) is 4.98 Å². The summed E-state index contributed by atoms with van der Waals surface area (Å²) in [4.78, 5) is 4.02. The van der Waals surface area contributed by atoms with E-state index >= 15 is 0 Å². The third-order valence-corrected chi connectivity index (χ3v) is 1.91. The molecular weight excluding hydrogens is 170 g/mol. The molecule has 1 aromatic rings. The fraction of sp³-hybridized carbons (Fsp3) is 0.444. The van der Waals surface area contributed by atoms with Gasteiger partial charge in [-0.1, -0.05) is 0 Å². The Kier molecular flexibility index (Phi) is 3.08. The molecule has 4 heteroatoms. The van der Waals surface area contributed by atoms with E-state index in [1.807, 2.05) is 6.92 Å². The lowest BCUT2D eigenvalue weighted by Crippen LogP contribution is -2.00. The molecule has 0 radical (unpaired) electrons. The minimum Gasteiger partial charge on any atom is -0.492 e. The van der Waals surface area contributed by atoms with Crippen LogP contribution in [-0.2, 0) is 6.61 Å². The highest BCUT2D eigenvalue weighted by Gasteiger charge is 2.11. The van der Waals surface area contributed by atoms with E-state index < -0.39 is 0 Å². The van der Waals surface area contributed by atoms with Gasteiger partial charge in [-0.2, -0.15) is 0 Å². The molecule has 1 rings (SSSR count). The smallest absolute Gasteiger partial charge is 0.179 e. The van der Waals surface area contributed by atoms with Crippen molar-refractivity contribution in [1.29, 1.82) is 0 Å². The summed E-state index contributed by atoms with van der Waals surface area (Å²) in [5.41, 5.74) is 1.42. The molecule has 72 valence electrons. The first-order chi connectivity index (χ1) is 6.24. The number of ether oxygens (including phenoxy) is 2. The summed E-state index contributed by atoms with van der Waals surface area (Å²) in [5.74, 6) is 1.21. The van der Waals surface area contributed by atoms with Crippen LogP contribution in [0.3, 0.4) is 0 Å². The van der Waals surface area contributed by atoms with E-state index in [1.54, 1.807) is 14.2 Å². The van der Waals surface area contributed by atoms with E-state index in [4.69, 9.17) is 14.6 Å². The van der Waals surface area contributed by atoms with Crippen LogP contribution in [0.25, 0.3) is 0 Å². The fourth-order valence-electron chi connectivity index (χ4n) is 1.17. The zero-order chi connectivity index (χ0) is 9.84. The van der Waals surface area contributed by atoms with Gasteiger partial charge in [0.25, 0.3) is 0 Å². The highest BCUT2D eigenvalue weighted by atomic mass is 16.5. The molecule has 13 heavy (non-hydrogen) atoms. The highest BCUT2D eigenvalue weighted by Crippen LogP contribution is 2.30. The zero-order valence-electron chi connectivity index (χ0n) is 8.00. The van der Waals surface area contributed by atoms with Crippen molar-refractivity contribution >= 4 is 0 Å². The number of hydrogen-bond donors (Lipinski definition) is 1. The Labute approximate surface area is 77.1 Å². The zero-order valence-corrected chi connectivity index (χ0v) is 8.00. The van der Waals surface area contributed by atoms with Crippen LogP contribution in [-0.4, -0.2) is 24.3 Å². The van der Waals surface area contributed by atoms with Crippen molar-refractivity contribution in [3.05, 3.63) is 17.5 Å². The number of pyridine rings is 1. The molecule has 0 saturated heterocycles. The van der Waals surface area contributed by atoms with Crippen LogP contribution in [0.5, 0.6) is 11.5 Å². The van der Waals surface area contributed by atoms with Gasteiger partial charge in [-0.25, -0.2) is 0 Å². The van der Waals surface area contributed by atoms with Gasteiger partial charge in [0.05, 0.1) is 32.7 Å². The van der Waals surface area contributed by atoms with Crippen molar-refractivity contribution in [2.24, 2.45) is 0 Å². The Hall–Kier alpha value is -1.29. The third-order valence-electron chi connectivity index (χ3n) is 1.91. The Morgan fingerprint density at radius 3 is 2.54 bits per heavy atom. The summed E-state index contributed by atoms with van der Waals surface area (Å²) in [5, 5.41) is 8.94. The molecule has 0 aromatic carbocycles. The molecule has 1 aromatic heterocycles. The number of hydrogen-bond acceptors (Lipinski definition) is 4. The number of nitrogens with zero attached hydrogens (tertiary/aromatic N) is 1. The maximum atomic E-state index is 8.94. The topological polar surface area (TPSA) is 51.6 Å². The van der Waals surface area contributed by atoms with Crippen molar-refractivity contribution in [3.8, 4) is 11.5 Å². The van der Waals surface area contributed by atoms with Crippen LogP contribution in [0.1, 0.15) is 11.3 Å². The lowest BCUT2D eigenvalue weighted by molar-refractivity contribution is 0.273. The van der Waals surface area contributed by atoms with Gasteiger partial charge in [0, 0.05) is 5.56 Å². The van der Waals surface area contributed by atoms with E-state index in [9.17, 15) is 0 Å². The predicted octanol–water partition coefficient (Wildman–Crippen LogP) is 0.900. The SMILES string of the molecule is COc1cnc(CO)c(C)c1OC. The van der Waals surface area contributed by atoms with E-state index in [0.29, 0.717) is 17.2 Å². The van der Waals surface area contributed by atoms with Crippen LogP contribution in [0, 0.1) is 6.92 Å². The van der Waals surface area contributed by atoms with Gasteiger partial charge < -0.3 is 14.6 Å². The minimum absolute atomic E-state index is 0.0911. The Balaban J connectivity index is 3.23. The van der Waals surface area contributed by atoms with E-state index in [2.05, 4.69) is 4.98 Å². The molecule has 0 atom stereocenters. The third kappa shape index (κ3) is 1.72. The molecule has 0 saturated carbocycles.